The average molecular weight is 640 g/mol. The average Bonchev–Trinajstić information content (AvgIpc) is 3.07. The Morgan fingerprint density at radius 2 is 1.70 bits per heavy atom. The summed E-state index contributed by atoms with van der Waals surface area (Å²) in [6, 6.07) is 22.7. The summed E-state index contributed by atoms with van der Waals surface area (Å²) in [4.78, 5) is 53.3. The van der Waals surface area contributed by atoms with Crippen molar-refractivity contribution in [3.63, 3.8) is 0 Å². The summed E-state index contributed by atoms with van der Waals surface area (Å²) in [5.41, 5.74) is 1.67. The fourth-order valence-electron chi connectivity index (χ4n) is 6.35. The molecule has 47 heavy (non-hydrogen) atoms. The third-order valence-corrected chi connectivity index (χ3v) is 8.83. The number of aliphatic hydroxyl groups is 1. The summed E-state index contributed by atoms with van der Waals surface area (Å²) >= 11 is 0. The van der Waals surface area contributed by atoms with Crippen LogP contribution in [0.15, 0.2) is 72.8 Å². The van der Waals surface area contributed by atoms with Crippen molar-refractivity contribution in [2.24, 2.45) is 17.8 Å². The lowest BCUT2D eigenvalue weighted by molar-refractivity contribution is -0.132. The number of rotatable bonds is 15. The zero-order valence-electron chi connectivity index (χ0n) is 27.2. The maximum absolute atomic E-state index is 14.0. The van der Waals surface area contributed by atoms with E-state index in [0.29, 0.717) is 19.3 Å². The van der Waals surface area contributed by atoms with Gasteiger partial charge in [-0.15, -0.1) is 0 Å². The molecule has 4 rings (SSSR count). The Bertz CT molecular complexity index is 1560. The molecule has 0 saturated heterocycles. The molecule has 1 aliphatic rings. The fourth-order valence-corrected chi connectivity index (χ4v) is 6.35. The molecule has 2 unspecified atom stereocenters. The molecule has 248 valence electrons. The molecule has 0 spiro atoms. The number of carbonyl (C=O) groups excluding carboxylic acids is 4. The SMILES string of the molecule is CC(C)CC(CC(=O)[C@H](Cc1cccc2ccccc12)NC(=O)OCc1ccccc1)C(=O)N[C@@H](C[C@@H]1CCCCC1=O)C(O)C#N. The number of ether oxygens (including phenoxy) is 1. The number of aliphatic hydroxyl groups excluding tert-OH is 1. The monoisotopic (exact) mass is 639 g/mol. The van der Waals surface area contributed by atoms with E-state index >= 15 is 0 Å². The molecule has 9 heteroatoms. The van der Waals surface area contributed by atoms with Crippen LogP contribution in [0.25, 0.3) is 10.8 Å². The van der Waals surface area contributed by atoms with Gasteiger partial charge in [0, 0.05) is 31.1 Å². The fraction of sp³-hybridized carbons (Fsp3) is 0.447. The first-order chi connectivity index (χ1) is 22.6. The van der Waals surface area contributed by atoms with Crippen LogP contribution in [0.5, 0.6) is 0 Å². The summed E-state index contributed by atoms with van der Waals surface area (Å²) < 4.78 is 5.46. The number of nitriles is 1. The number of nitrogens with zero attached hydrogens (tertiary/aromatic N) is 1. The second kappa shape index (κ2) is 17.4. The van der Waals surface area contributed by atoms with E-state index in [1.165, 1.54) is 0 Å². The molecule has 0 radical (unpaired) electrons. The van der Waals surface area contributed by atoms with Crippen LogP contribution in [0.3, 0.4) is 0 Å². The first-order valence-electron chi connectivity index (χ1n) is 16.5. The number of nitrogens with one attached hydrogen (secondary N) is 2. The Hall–Kier alpha value is -4.55. The van der Waals surface area contributed by atoms with E-state index in [1.807, 2.05) is 86.6 Å². The standard InChI is InChI=1S/C38H45N3O6/c1-25(2)19-30(37(45)40-33(36(44)23-39)21-29-14-7-9-18-34(29)42)22-35(43)32(41-38(46)47-24-26-11-4-3-5-12-26)20-28-16-10-15-27-13-6-8-17-31(27)28/h3-6,8,10-13,15-17,25,29-30,32-33,36,44H,7,9,14,18-22,24H2,1-2H3,(H,40,45)(H,41,46)/t29-,30?,32-,33-,36?/m0/s1. The van der Waals surface area contributed by atoms with E-state index in [2.05, 4.69) is 10.6 Å². The largest absolute Gasteiger partial charge is 0.445 e. The van der Waals surface area contributed by atoms with Gasteiger partial charge in [0.05, 0.1) is 18.2 Å². The third-order valence-electron chi connectivity index (χ3n) is 8.83. The van der Waals surface area contributed by atoms with Gasteiger partial charge in [-0.2, -0.15) is 5.26 Å². The second-order valence-corrected chi connectivity index (χ2v) is 12.9. The van der Waals surface area contributed by atoms with Crippen molar-refractivity contribution in [1.29, 1.82) is 5.26 Å². The van der Waals surface area contributed by atoms with Gasteiger partial charge in [0.1, 0.15) is 12.4 Å². The highest BCUT2D eigenvalue weighted by Crippen LogP contribution is 2.27. The molecule has 9 nitrogen and oxygen atoms in total. The number of hydrogen-bond donors (Lipinski definition) is 3. The molecular formula is C38H45N3O6. The molecule has 1 saturated carbocycles. The predicted molar refractivity (Wildman–Crippen MR) is 179 cm³/mol. The lowest BCUT2D eigenvalue weighted by Gasteiger charge is -2.29. The van der Waals surface area contributed by atoms with Crippen molar-refractivity contribution in [3.05, 3.63) is 83.9 Å². The quantitative estimate of drug-likeness (QED) is 0.178. The highest BCUT2D eigenvalue weighted by molar-refractivity contribution is 5.93. The number of alkyl carbamates (subject to hydrolysis) is 1. The van der Waals surface area contributed by atoms with Gasteiger partial charge < -0.3 is 20.5 Å². The zero-order valence-corrected chi connectivity index (χ0v) is 27.2. The molecular weight excluding hydrogens is 594 g/mol. The van der Waals surface area contributed by atoms with Crippen molar-refractivity contribution in [3.8, 4) is 6.07 Å². The lowest BCUT2D eigenvalue weighted by Crippen LogP contribution is -2.49. The summed E-state index contributed by atoms with van der Waals surface area (Å²) in [6.07, 6.45) is 1.12. The lowest BCUT2D eigenvalue weighted by atomic mass is 9.82. The molecule has 1 fully saturated rings. The molecule has 3 aromatic rings. The van der Waals surface area contributed by atoms with Crippen LogP contribution in [-0.4, -0.2) is 46.9 Å². The van der Waals surface area contributed by atoms with Crippen LogP contribution < -0.4 is 10.6 Å². The van der Waals surface area contributed by atoms with Gasteiger partial charge in [0.15, 0.2) is 11.9 Å². The molecule has 5 atom stereocenters. The van der Waals surface area contributed by atoms with E-state index in [-0.39, 0.29) is 49.3 Å². The molecule has 3 N–H and O–H groups in total. The first-order valence-corrected chi connectivity index (χ1v) is 16.5. The Morgan fingerprint density at radius 3 is 2.43 bits per heavy atom. The minimum atomic E-state index is -1.50. The van der Waals surface area contributed by atoms with E-state index in [9.17, 15) is 29.5 Å². The highest BCUT2D eigenvalue weighted by Gasteiger charge is 2.34. The van der Waals surface area contributed by atoms with E-state index in [0.717, 1.165) is 34.7 Å². The smallest absolute Gasteiger partial charge is 0.408 e. The molecule has 0 bridgehead atoms. The third kappa shape index (κ3) is 10.5. The maximum Gasteiger partial charge on any atom is 0.408 e. The highest BCUT2D eigenvalue weighted by atomic mass is 16.5. The van der Waals surface area contributed by atoms with Crippen LogP contribution in [-0.2, 0) is 32.1 Å². The van der Waals surface area contributed by atoms with E-state index in [4.69, 9.17) is 4.74 Å². The number of benzene rings is 3. The minimum Gasteiger partial charge on any atom is -0.445 e. The van der Waals surface area contributed by atoms with Crippen LogP contribution in [0.4, 0.5) is 4.79 Å². The zero-order chi connectivity index (χ0) is 33.8. The Balaban J connectivity index is 1.53. The van der Waals surface area contributed by atoms with Gasteiger partial charge in [-0.1, -0.05) is 93.1 Å². The van der Waals surface area contributed by atoms with Crippen molar-refractivity contribution in [2.45, 2.75) is 90.0 Å². The number of carbonyl (C=O) groups is 4. The molecule has 3 aromatic carbocycles. The normalized spacial score (nSPS) is 17.3. The number of hydrogen-bond acceptors (Lipinski definition) is 7. The number of fused-ring (bicyclic) bond motifs is 1. The van der Waals surface area contributed by atoms with Gasteiger partial charge in [0.25, 0.3) is 0 Å². The van der Waals surface area contributed by atoms with E-state index in [1.54, 1.807) is 6.07 Å². The van der Waals surface area contributed by atoms with Gasteiger partial charge >= 0.3 is 6.09 Å². The summed E-state index contributed by atoms with van der Waals surface area (Å²) in [5, 5.41) is 27.5. The van der Waals surface area contributed by atoms with Crippen molar-refractivity contribution in [2.75, 3.05) is 0 Å². The van der Waals surface area contributed by atoms with Gasteiger partial charge in [-0.3, -0.25) is 14.4 Å². The van der Waals surface area contributed by atoms with Crippen LogP contribution >= 0.6 is 0 Å². The molecule has 1 aliphatic carbocycles. The number of ketones is 2. The van der Waals surface area contributed by atoms with Gasteiger partial charge in [-0.25, -0.2) is 4.79 Å². The molecule has 0 aliphatic heterocycles. The van der Waals surface area contributed by atoms with Crippen molar-refractivity contribution in [1.82, 2.24) is 10.6 Å². The Labute approximate surface area is 276 Å². The van der Waals surface area contributed by atoms with Crippen LogP contribution in [0.1, 0.15) is 69.9 Å². The summed E-state index contributed by atoms with van der Waals surface area (Å²) in [6.45, 7) is 3.92. The van der Waals surface area contributed by atoms with Crippen molar-refractivity contribution < 1.29 is 29.0 Å². The van der Waals surface area contributed by atoms with Crippen LogP contribution in [0.2, 0.25) is 0 Å². The van der Waals surface area contributed by atoms with E-state index < -0.39 is 36.1 Å². The van der Waals surface area contributed by atoms with Crippen molar-refractivity contribution >= 4 is 34.3 Å². The molecule has 2 amide bonds. The number of amides is 2. The first kappa shape index (κ1) is 35.3. The second-order valence-electron chi connectivity index (χ2n) is 12.9. The summed E-state index contributed by atoms with van der Waals surface area (Å²) in [7, 11) is 0. The Morgan fingerprint density at radius 1 is 0.979 bits per heavy atom. The molecule has 0 aromatic heterocycles. The van der Waals surface area contributed by atoms with Crippen LogP contribution in [0, 0.1) is 29.1 Å². The maximum atomic E-state index is 14.0. The predicted octanol–water partition coefficient (Wildman–Crippen LogP) is 5.82. The topological polar surface area (TPSA) is 146 Å². The number of Topliss-reactive ketones (excluding diaryl/α,β-unsaturated/α-hetero) is 2. The van der Waals surface area contributed by atoms with Gasteiger partial charge in [-0.05, 0) is 53.5 Å². The summed E-state index contributed by atoms with van der Waals surface area (Å²) in [5.74, 6) is -1.79. The minimum absolute atomic E-state index is 0.0341. The Kier molecular flexibility index (Phi) is 13.1. The molecule has 0 heterocycles. The van der Waals surface area contributed by atoms with Gasteiger partial charge in [0.2, 0.25) is 5.91 Å².